The molecule has 92 valence electrons. The SMILES string of the molecule is CCCNC(=O)Cn1cccc(C(=O)O)c1=O. The van der Waals surface area contributed by atoms with Crippen LogP contribution in [0.5, 0.6) is 0 Å². The van der Waals surface area contributed by atoms with E-state index in [1.54, 1.807) is 0 Å². The minimum absolute atomic E-state index is 0.167. The Morgan fingerprint density at radius 3 is 2.76 bits per heavy atom. The summed E-state index contributed by atoms with van der Waals surface area (Å²) in [4.78, 5) is 33.7. The van der Waals surface area contributed by atoms with Crippen LogP contribution in [-0.4, -0.2) is 28.1 Å². The van der Waals surface area contributed by atoms with E-state index in [2.05, 4.69) is 5.32 Å². The fourth-order valence-corrected chi connectivity index (χ4v) is 1.30. The molecule has 0 aliphatic heterocycles. The lowest BCUT2D eigenvalue weighted by molar-refractivity contribution is -0.121. The van der Waals surface area contributed by atoms with Gasteiger partial charge in [-0.05, 0) is 18.6 Å². The van der Waals surface area contributed by atoms with Crippen molar-refractivity contribution in [3.8, 4) is 0 Å². The van der Waals surface area contributed by atoms with Crippen LogP contribution in [-0.2, 0) is 11.3 Å². The van der Waals surface area contributed by atoms with E-state index in [0.717, 1.165) is 11.0 Å². The molecule has 0 bridgehead atoms. The molecular weight excluding hydrogens is 224 g/mol. The zero-order valence-corrected chi connectivity index (χ0v) is 9.47. The zero-order chi connectivity index (χ0) is 12.8. The molecule has 1 rings (SSSR count). The van der Waals surface area contributed by atoms with Gasteiger partial charge in [-0.1, -0.05) is 6.92 Å². The molecule has 0 fully saturated rings. The second kappa shape index (κ2) is 5.83. The van der Waals surface area contributed by atoms with Crippen LogP contribution in [0.15, 0.2) is 23.1 Å². The van der Waals surface area contributed by atoms with Crippen molar-refractivity contribution in [2.75, 3.05) is 6.54 Å². The van der Waals surface area contributed by atoms with Gasteiger partial charge in [-0.2, -0.15) is 0 Å². The van der Waals surface area contributed by atoms with E-state index in [4.69, 9.17) is 5.11 Å². The quantitative estimate of drug-likeness (QED) is 0.760. The predicted molar refractivity (Wildman–Crippen MR) is 61.0 cm³/mol. The molecule has 0 saturated carbocycles. The van der Waals surface area contributed by atoms with Crippen LogP contribution >= 0.6 is 0 Å². The van der Waals surface area contributed by atoms with E-state index in [1.807, 2.05) is 6.92 Å². The minimum Gasteiger partial charge on any atom is -0.477 e. The van der Waals surface area contributed by atoms with Gasteiger partial charge < -0.3 is 15.0 Å². The zero-order valence-electron chi connectivity index (χ0n) is 9.47. The van der Waals surface area contributed by atoms with Crippen LogP contribution < -0.4 is 10.9 Å². The van der Waals surface area contributed by atoms with Gasteiger partial charge in [0.25, 0.3) is 5.56 Å². The Hall–Kier alpha value is -2.11. The molecule has 0 radical (unpaired) electrons. The summed E-state index contributed by atoms with van der Waals surface area (Å²) in [5.74, 6) is -1.60. The number of carboxylic acids is 1. The van der Waals surface area contributed by atoms with Crippen molar-refractivity contribution >= 4 is 11.9 Å². The molecule has 0 unspecified atom stereocenters. The third-order valence-corrected chi connectivity index (χ3v) is 2.14. The molecule has 0 spiro atoms. The molecule has 6 heteroatoms. The van der Waals surface area contributed by atoms with Gasteiger partial charge in [-0.25, -0.2) is 4.79 Å². The highest BCUT2D eigenvalue weighted by molar-refractivity contribution is 5.87. The van der Waals surface area contributed by atoms with Crippen molar-refractivity contribution in [2.24, 2.45) is 0 Å². The summed E-state index contributed by atoms with van der Waals surface area (Å²) >= 11 is 0. The highest BCUT2D eigenvalue weighted by Crippen LogP contribution is 1.92. The number of carbonyl (C=O) groups excluding carboxylic acids is 1. The number of carbonyl (C=O) groups is 2. The third-order valence-electron chi connectivity index (χ3n) is 2.14. The Balaban J connectivity index is 2.85. The number of aromatic nitrogens is 1. The summed E-state index contributed by atoms with van der Waals surface area (Å²) in [7, 11) is 0. The first kappa shape index (κ1) is 13.0. The number of amides is 1. The van der Waals surface area contributed by atoms with E-state index in [9.17, 15) is 14.4 Å². The van der Waals surface area contributed by atoms with Crippen molar-refractivity contribution in [3.63, 3.8) is 0 Å². The summed E-state index contributed by atoms with van der Waals surface area (Å²) in [5.41, 5.74) is -1.01. The maximum absolute atomic E-state index is 11.6. The van der Waals surface area contributed by atoms with Crippen LogP contribution in [0, 0.1) is 0 Å². The first-order valence-electron chi connectivity index (χ1n) is 5.25. The van der Waals surface area contributed by atoms with Gasteiger partial charge in [0.15, 0.2) is 0 Å². The fourth-order valence-electron chi connectivity index (χ4n) is 1.30. The first-order chi connectivity index (χ1) is 8.06. The summed E-state index contributed by atoms with van der Waals surface area (Å²) in [6.07, 6.45) is 2.19. The largest absolute Gasteiger partial charge is 0.477 e. The molecule has 0 atom stereocenters. The molecular formula is C11H14N2O4. The smallest absolute Gasteiger partial charge is 0.341 e. The standard InChI is InChI=1S/C11H14N2O4/c1-2-5-12-9(14)7-13-6-3-4-8(10(13)15)11(16)17/h3-4,6H,2,5,7H2,1H3,(H,12,14)(H,16,17). The Morgan fingerprint density at radius 2 is 2.18 bits per heavy atom. The topological polar surface area (TPSA) is 88.4 Å². The molecule has 1 aromatic rings. The molecule has 1 heterocycles. The van der Waals surface area contributed by atoms with Crippen LogP contribution in [0.1, 0.15) is 23.7 Å². The maximum atomic E-state index is 11.6. The highest BCUT2D eigenvalue weighted by atomic mass is 16.4. The number of nitrogens with one attached hydrogen (secondary N) is 1. The molecule has 6 nitrogen and oxygen atoms in total. The number of aromatic carboxylic acids is 1. The van der Waals surface area contributed by atoms with E-state index < -0.39 is 11.5 Å². The summed E-state index contributed by atoms with van der Waals surface area (Å²) in [6.45, 7) is 2.28. The lowest BCUT2D eigenvalue weighted by atomic mass is 10.3. The van der Waals surface area contributed by atoms with E-state index in [1.165, 1.54) is 18.3 Å². The predicted octanol–water partition coefficient (Wildman–Crippen LogP) is 0.0727. The number of nitrogens with zero attached hydrogens (tertiary/aromatic N) is 1. The number of pyridine rings is 1. The van der Waals surface area contributed by atoms with Gasteiger partial charge in [0.1, 0.15) is 12.1 Å². The minimum atomic E-state index is -1.29. The monoisotopic (exact) mass is 238 g/mol. The second-order valence-electron chi connectivity index (χ2n) is 3.51. The van der Waals surface area contributed by atoms with Gasteiger partial charge in [0, 0.05) is 12.7 Å². The molecule has 0 aliphatic carbocycles. The summed E-state index contributed by atoms with van der Waals surface area (Å²) in [6, 6.07) is 2.64. The van der Waals surface area contributed by atoms with Gasteiger partial charge in [-0.15, -0.1) is 0 Å². The van der Waals surface area contributed by atoms with E-state index in [0.29, 0.717) is 6.54 Å². The van der Waals surface area contributed by atoms with Crippen LogP contribution in [0.25, 0.3) is 0 Å². The Bertz CT molecular complexity index is 479. The van der Waals surface area contributed by atoms with Gasteiger partial charge in [0.05, 0.1) is 0 Å². The molecule has 2 N–H and O–H groups in total. The second-order valence-corrected chi connectivity index (χ2v) is 3.51. The van der Waals surface area contributed by atoms with Crippen LogP contribution in [0.3, 0.4) is 0 Å². The highest BCUT2D eigenvalue weighted by Gasteiger charge is 2.11. The van der Waals surface area contributed by atoms with Crippen molar-refractivity contribution in [3.05, 3.63) is 34.2 Å². The molecule has 17 heavy (non-hydrogen) atoms. The third kappa shape index (κ3) is 3.44. The van der Waals surface area contributed by atoms with E-state index in [-0.39, 0.29) is 18.0 Å². The van der Waals surface area contributed by atoms with Gasteiger partial charge in [0.2, 0.25) is 5.91 Å². The van der Waals surface area contributed by atoms with Gasteiger partial charge in [-0.3, -0.25) is 9.59 Å². The van der Waals surface area contributed by atoms with Crippen molar-refractivity contribution in [1.29, 1.82) is 0 Å². The van der Waals surface area contributed by atoms with Gasteiger partial charge >= 0.3 is 5.97 Å². The number of hydrogen-bond donors (Lipinski definition) is 2. The normalized spacial score (nSPS) is 9.94. The molecule has 1 aromatic heterocycles. The van der Waals surface area contributed by atoms with Crippen LogP contribution in [0.4, 0.5) is 0 Å². The van der Waals surface area contributed by atoms with Crippen molar-refractivity contribution < 1.29 is 14.7 Å². The Kier molecular flexibility index (Phi) is 4.45. The number of rotatable bonds is 5. The fraction of sp³-hybridized carbons (Fsp3) is 0.364. The number of hydrogen-bond acceptors (Lipinski definition) is 3. The maximum Gasteiger partial charge on any atom is 0.341 e. The Labute approximate surface area is 97.9 Å². The molecule has 0 aliphatic rings. The Morgan fingerprint density at radius 1 is 1.47 bits per heavy atom. The van der Waals surface area contributed by atoms with E-state index >= 15 is 0 Å². The summed E-state index contributed by atoms with van der Waals surface area (Å²) in [5, 5.41) is 11.4. The number of carboxylic acid groups (broad SMARTS) is 1. The first-order valence-corrected chi connectivity index (χ1v) is 5.25. The molecule has 1 amide bonds. The average molecular weight is 238 g/mol. The molecule has 0 saturated heterocycles. The van der Waals surface area contributed by atoms with Crippen molar-refractivity contribution in [2.45, 2.75) is 19.9 Å². The lowest BCUT2D eigenvalue weighted by Gasteiger charge is -2.06. The van der Waals surface area contributed by atoms with Crippen molar-refractivity contribution in [1.82, 2.24) is 9.88 Å². The lowest BCUT2D eigenvalue weighted by Crippen LogP contribution is -2.34. The van der Waals surface area contributed by atoms with Crippen LogP contribution in [0.2, 0.25) is 0 Å². The summed E-state index contributed by atoms with van der Waals surface area (Å²) < 4.78 is 1.08. The average Bonchev–Trinajstić information content (AvgIpc) is 2.28. The molecule has 0 aromatic carbocycles.